The molecule has 5 nitrogen and oxygen atoms in total. The molecule has 2 aromatic rings. The predicted molar refractivity (Wildman–Crippen MR) is 97.0 cm³/mol. The number of hydrogen-bond acceptors (Lipinski definition) is 5. The molecule has 1 amide bonds. The van der Waals surface area contributed by atoms with Crippen molar-refractivity contribution in [2.24, 2.45) is 0 Å². The zero-order chi connectivity index (χ0) is 16.8. The molecule has 1 aromatic carbocycles. The predicted octanol–water partition coefficient (Wildman–Crippen LogP) is 2.34. The molecule has 1 fully saturated rings. The molecule has 2 atom stereocenters. The topological polar surface area (TPSA) is 57.3 Å². The van der Waals surface area contributed by atoms with Crippen molar-refractivity contribution in [2.45, 2.75) is 24.4 Å². The minimum absolute atomic E-state index is 0.0178. The van der Waals surface area contributed by atoms with Crippen LogP contribution in [0.2, 0.25) is 0 Å². The summed E-state index contributed by atoms with van der Waals surface area (Å²) >= 11 is 1.63. The maximum atomic E-state index is 12.4. The van der Waals surface area contributed by atoms with E-state index in [1.165, 1.54) is 11.1 Å². The highest BCUT2D eigenvalue weighted by atomic mass is 32.2. The molecule has 0 saturated carbocycles. The summed E-state index contributed by atoms with van der Waals surface area (Å²) in [5.41, 5.74) is 8.94. The Morgan fingerprint density at radius 2 is 1.96 bits per heavy atom. The van der Waals surface area contributed by atoms with Crippen molar-refractivity contribution >= 4 is 17.7 Å². The van der Waals surface area contributed by atoms with Gasteiger partial charge in [0, 0.05) is 37.7 Å². The summed E-state index contributed by atoms with van der Waals surface area (Å²) in [6.45, 7) is 0. The third kappa shape index (κ3) is 4.35. The van der Waals surface area contributed by atoms with Crippen LogP contribution in [0.4, 0.5) is 0 Å². The number of benzene rings is 1. The Kier molecular flexibility index (Phi) is 5.85. The van der Waals surface area contributed by atoms with Crippen LogP contribution in [0.15, 0.2) is 54.9 Å². The Hall–Kier alpha value is -1.89. The highest BCUT2D eigenvalue weighted by molar-refractivity contribution is 7.99. The van der Waals surface area contributed by atoms with Gasteiger partial charge < -0.3 is 4.90 Å². The van der Waals surface area contributed by atoms with E-state index in [0.29, 0.717) is 5.75 Å². The van der Waals surface area contributed by atoms with Crippen molar-refractivity contribution in [3.63, 3.8) is 0 Å². The molecule has 1 aliphatic rings. The average Bonchev–Trinajstić information content (AvgIpc) is 3.13. The Balaban J connectivity index is 1.46. The third-order valence-electron chi connectivity index (χ3n) is 4.19. The highest BCUT2D eigenvalue weighted by Gasteiger charge is 2.29. The zero-order valence-electron chi connectivity index (χ0n) is 13.7. The molecule has 3 rings (SSSR count). The van der Waals surface area contributed by atoms with Crippen LogP contribution in [0, 0.1) is 0 Å². The van der Waals surface area contributed by atoms with E-state index in [1.807, 2.05) is 37.4 Å². The fourth-order valence-corrected chi connectivity index (χ4v) is 3.62. The Labute approximate surface area is 146 Å². The number of pyridine rings is 1. The van der Waals surface area contributed by atoms with E-state index in [2.05, 4.69) is 28.0 Å². The minimum Gasteiger partial charge on any atom is -0.328 e. The molecular formula is C18H22N4OS. The first kappa shape index (κ1) is 17.0. The van der Waals surface area contributed by atoms with Gasteiger partial charge in [0.2, 0.25) is 5.91 Å². The summed E-state index contributed by atoms with van der Waals surface area (Å²) in [7, 11) is 1.86. The van der Waals surface area contributed by atoms with E-state index in [1.54, 1.807) is 29.1 Å². The Bertz CT molecular complexity index is 653. The lowest BCUT2D eigenvalue weighted by atomic mass is 10.0. The molecule has 1 aromatic heterocycles. The van der Waals surface area contributed by atoms with Crippen LogP contribution in [-0.4, -0.2) is 34.8 Å². The summed E-state index contributed by atoms with van der Waals surface area (Å²) in [5.74, 6) is 1.44. The molecule has 0 bridgehead atoms. The maximum absolute atomic E-state index is 12.4. The van der Waals surface area contributed by atoms with Gasteiger partial charge in [0.1, 0.15) is 0 Å². The number of rotatable bonds is 6. The van der Waals surface area contributed by atoms with E-state index in [0.717, 1.165) is 12.2 Å². The number of carbonyl (C=O) groups excluding carboxylic acids is 1. The molecule has 0 spiro atoms. The molecule has 2 heterocycles. The summed E-state index contributed by atoms with van der Waals surface area (Å²) in [4.78, 5) is 18.2. The first-order valence-electron chi connectivity index (χ1n) is 8.02. The normalized spacial score (nSPS) is 20.0. The number of nitrogens with one attached hydrogen (secondary N) is 2. The van der Waals surface area contributed by atoms with Crippen molar-refractivity contribution in [1.29, 1.82) is 0 Å². The zero-order valence-corrected chi connectivity index (χ0v) is 14.5. The fraction of sp³-hybridized carbons (Fsp3) is 0.333. The summed E-state index contributed by atoms with van der Waals surface area (Å²) in [5, 5.41) is 0. The first-order valence-corrected chi connectivity index (χ1v) is 9.18. The molecule has 0 radical (unpaired) electrons. The summed E-state index contributed by atoms with van der Waals surface area (Å²) < 4.78 is 0. The van der Waals surface area contributed by atoms with Crippen LogP contribution in [0.3, 0.4) is 0 Å². The van der Waals surface area contributed by atoms with Gasteiger partial charge in [-0.15, -0.1) is 11.8 Å². The second kappa shape index (κ2) is 8.28. The summed E-state index contributed by atoms with van der Waals surface area (Å²) in [6.07, 6.45) is 4.44. The van der Waals surface area contributed by atoms with Crippen LogP contribution in [0.25, 0.3) is 0 Å². The molecule has 0 aliphatic carbocycles. The van der Waals surface area contributed by atoms with Gasteiger partial charge in [0.15, 0.2) is 0 Å². The van der Waals surface area contributed by atoms with Crippen molar-refractivity contribution in [1.82, 2.24) is 20.7 Å². The second-order valence-corrected chi connectivity index (χ2v) is 6.84. The Morgan fingerprint density at radius 1 is 1.21 bits per heavy atom. The highest BCUT2D eigenvalue weighted by Crippen LogP contribution is 2.23. The van der Waals surface area contributed by atoms with E-state index < -0.39 is 0 Å². The number of thioether (sulfide) groups is 1. The molecule has 2 N–H and O–H groups in total. The van der Waals surface area contributed by atoms with Crippen molar-refractivity contribution in [3.8, 4) is 0 Å². The van der Waals surface area contributed by atoms with Crippen LogP contribution in [-0.2, 0) is 10.5 Å². The van der Waals surface area contributed by atoms with Crippen LogP contribution < -0.4 is 10.9 Å². The fourth-order valence-electron chi connectivity index (χ4n) is 2.71. The average molecular weight is 342 g/mol. The van der Waals surface area contributed by atoms with Gasteiger partial charge in [-0.3, -0.25) is 9.78 Å². The quantitative estimate of drug-likeness (QED) is 0.844. The Morgan fingerprint density at radius 3 is 2.71 bits per heavy atom. The lowest BCUT2D eigenvalue weighted by Gasteiger charge is -2.24. The number of amides is 1. The number of nitrogens with zero attached hydrogens (tertiary/aromatic N) is 2. The minimum atomic E-state index is 0.0178. The summed E-state index contributed by atoms with van der Waals surface area (Å²) in [6, 6.07) is 14.5. The van der Waals surface area contributed by atoms with Crippen molar-refractivity contribution in [2.75, 3.05) is 12.8 Å². The molecule has 1 saturated heterocycles. The van der Waals surface area contributed by atoms with Gasteiger partial charge in [0.25, 0.3) is 0 Å². The number of hydrazine groups is 1. The number of hydrogen-bond donors (Lipinski definition) is 2. The van der Waals surface area contributed by atoms with Crippen molar-refractivity contribution in [3.05, 3.63) is 66.0 Å². The number of carbonyl (C=O) groups is 1. The van der Waals surface area contributed by atoms with Gasteiger partial charge in [-0.25, -0.2) is 10.9 Å². The lowest BCUT2D eigenvalue weighted by Crippen LogP contribution is -2.46. The van der Waals surface area contributed by atoms with E-state index in [9.17, 15) is 4.79 Å². The van der Waals surface area contributed by atoms with Gasteiger partial charge in [0.05, 0.1) is 11.9 Å². The molecular weight excluding hydrogens is 320 g/mol. The van der Waals surface area contributed by atoms with E-state index in [-0.39, 0.29) is 18.1 Å². The molecule has 6 heteroatoms. The van der Waals surface area contributed by atoms with Gasteiger partial charge in [-0.2, -0.15) is 0 Å². The molecule has 2 unspecified atom stereocenters. The largest absolute Gasteiger partial charge is 0.328 e. The third-order valence-corrected chi connectivity index (χ3v) is 5.18. The first-order chi connectivity index (χ1) is 11.7. The molecule has 1 aliphatic heterocycles. The molecule has 126 valence electrons. The standard InChI is InChI=1S/C18H22N4OS/c1-22(18(23)13-24-12-14-7-9-19-10-8-14)17-11-16(20-21-17)15-5-3-2-4-6-15/h2-10,16-17,20-21H,11-13H2,1H3. The molecule has 24 heavy (non-hydrogen) atoms. The maximum Gasteiger partial charge on any atom is 0.233 e. The van der Waals surface area contributed by atoms with E-state index >= 15 is 0 Å². The second-order valence-electron chi connectivity index (χ2n) is 5.86. The van der Waals surface area contributed by atoms with Crippen LogP contribution in [0.1, 0.15) is 23.6 Å². The van der Waals surface area contributed by atoms with Gasteiger partial charge in [-0.1, -0.05) is 30.3 Å². The van der Waals surface area contributed by atoms with Crippen LogP contribution in [0.5, 0.6) is 0 Å². The van der Waals surface area contributed by atoms with Gasteiger partial charge >= 0.3 is 0 Å². The van der Waals surface area contributed by atoms with E-state index in [4.69, 9.17) is 0 Å². The van der Waals surface area contributed by atoms with Crippen LogP contribution >= 0.6 is 11.8 Å². The van der Waals surface area contributed by atoms with Crippen molar-refractivity contribution < 1.29 is 4.79 Å². The lowest BCUT2D eigenvalue weighted by molar-refractivity contribution is -0.129. The SMILES string of the molecule is CN(C(=O)CSCc1ccncc1)C1CC(c2ccccc2)NN1. The number of aromatic nitrogens is 1. The monoisotopic (exact) mass is 342 g/mol. The van der Waals surface area contributed by atoms with Gasteiger partial charge in [-0.05, 0) is 23.3 Å². The smallest absolute Gasteiger partial charge is 0.233 e.